The molecule has 0 amide bonds. The number of halogens is 1. The van der Waals surface area contributed by atoms with E-state index in [1.54, 1.807) is 36.4 Å². The summed E-state index contributed by atoms with van der Waals surface area (Å²) in [5, 5.41) is 14.1. The molecule has 0 aliphatic carbocycles. The number of benzene rings is 2. The monoisotopic (exact) mass is 307 g/mol. The quantitative estimate of drug-likeness (QED) is 0.631. The van der Waals surface area contributed by atoms with Gasteiger partial charge in [0.2, 0.25) is 0 Å². The zero-order valence-electron chi connectivity index (χ0n) is 11.1. The Kier molecular flexibility index (Phi) is 4.97. The highest BCUT2D eigenvalue weighted by Gasteiger charge is 2.18. The van der Waals surface area contributed by atoms with Crippen LogP contribution in [0, 0.1) is 10.1 Å². The Morgan fingerprint density at radius 1 is 1.29 bits per heavy atom. The third-order valence-electron chi connectivity index (χ3n) is 2.67. The minimum absolute atomic E-state index is 0.0838. The zero-order valence-corrected chi connectivity index (χ0v) is 11.8. The van der Waals surface area contributed by atoms with E-state index in [9.17, 15) is 10.1 Å². The number of hydrogen-bond acceptors (Lipinski definition) is 5. The molecular formula is C14H14ClN3O3. The smallest absolute Gasteiger partial charge is 0.311 e. The van der Waals surface area contributed by atoms with Gasteiger partial charge >= 0.3 is 5.69 Å². The van der Waals surface area contributed by atoms with Crippen LogP contribution in [-0.2, 0) is 0 Å². The molecule has 6 nitrogen and oxygen atoms in total. The normalized spacial score (nSPS) is 10.2. The van der Waals surface area contributed by atoms with Gasteiger partial charge in [-0.05, 0) is 24.3 Å². The number of nitrogens with zero attached hydrogens (tertiary/aromatic N) is 1. The summed E-state index contributed by atoms with van der Waals surface area (Å²) >= 11 is 5.87. The van der Waals surface area contributed by atoms with Gasteiger partial charge in [0.15, 0.2) is 0 Å². The van der Waals surface area contributed by atoms with Gasteiger partial charge in [-0.25, -0.2) is 0 Å². The first-order valence-electron chi connectivity index (χ1n) is 6.24. The molecule has 0 bridgehead atoms. The lowest BCUT2D eigenvalue weighted by atomic mass is 10.2. The van der Waals surface area contributed by atoms with Crippen molar-refractivity contribution in [1.82, 2.24) is 0 Å². The van der Waals surface area contributed by atoms with Crippen LogP contribution >= 0.6 is 11.6 Å². The van der Waals surface area contributed by atoms with Crippen LogP contribution in [0.2, 0.25) is 5.02 Å². The van der Waals surface area contributed by atoms with E-state index in [1.807, 2.05) is 0 Å². The van der Waals surface area contributed by atoms with Crippen molar-refractivity contribution in [2.45, 2.75) is 0 Å². The number of nitro groups is 1. The van der Waals surface area contributed by atoms with Crippen molar-refractivity contribution in [1.29, 1.82) is 0 Å². The average Bonchev–Trinajstić information content (AvgIpc) is 2.45. The second-order valence-corrected chi connectivity index (χ2v) is 4.59. The van der Waals surface area contributed by atoms with Crippen molar-refractivity contribution in [3.63, 3.8) is 0 Å². The van der Waals surface area contributed by atoms with Crippen LogP contribution in [-0.4, -0.2) is 18.1 Å². The number of ether oxygens (including phenoxy) is 1. The first-order chi connectivity index (χ1) is 10.1. The van der Waals surface area contributed by atoms with Crippen molar-refractivity contribution in [2.24, 2.45) is 5.73 Å². The van der Waals surface area contributed by atoms with Crippen molar-refractivity contribution in [2.75, 3.05) is 18.5 Å². The molecule has 3 N–H and O–H groups in total. The molecule has 0 aliphatic heterocycles. The number of nitrogens with two attached hydrogens (primary N) is 1. The predicted octanol–water partition coefficient (Wildman–Crippen LogP) is 3.33. The molecule has 2 aromatic rings. The highest BCUT2D eigenvalue weighted by Crippen LogP contribution is 2.34. The van der Waals surface area contributed by atoms with Crippen LogP contribution in [0.25, 0.3) is 0 Å². The van der Waals surface area contributed by atoms with Crippen molar-refractivity contribution >= 4 is 28.7 Å². The number of anilines is 2. The highest BCUT2D eigenvalue weighted by atomic mass is 35.5. The number of hydrogen-bond donors (Lipinski definition) is 2. The second kappa shape index (κ2) is 6.92. The summed E-state index contributed by atoms with van der Waals surface area (Å²) in [6.07, 6.45) is 0. The molecular weight excluding hydrogens is 294 g/mol. The van der Waals surface area contributed by atoms with E-state index >= 15 is 0 Å². The fourth-order valence-corrected chi connectivity index (χ4v) is 2.04. The molecule has 0 aliphatic rings. The van der Waals surface area contributed by atoms with Crippen LogP contribution in [0.5, 0.6) is 5.75 Å². The molecule has 0 fully saturated rings. The lowest BCUT2D eigenvalue weighted by molar-refractivity contribution is -0.383. The zero-order chi connectivity index (χ0) is 15.2. The average molecular weight is 308 g/mol. The molecule has 110 valence electrons. The summed E-state index contributed by atoms with van der Waals surface area (Å²) in [5.74, 6) is 0.634. The molecule has 2 aromatic carbocycles. The first-order valence-corrected chi connectivity index (χ1v) is 6.62. The Balaban J connectivity index is 2.26. The molecule has 0 saturated carbocycles. The molecule has 0 radical (unpaired) electrons. The fraction of sp³-hybridized carbons (Fsp3) is 0.143. The van der Waals surface area contributed by atoms with Crippen LogP contribution in [0.3, 0.4) is 0 Å². The van der Waals surface area contributed by atoms with E-state index < -0.39 is 4.92 Å². The first kappa shape index (κ1) is 15.1. The molecule has 0 aromatic heterocycles. The van der Waals surface area contributed by atoms with Gasteiger partial charge in [-0.2, -0.15) is 0 Å². The molecule has 0 saturated heterocycles. The van der Waals surface area contributed by atoms with E-state index in [-0.39, 0.29) is 10.7 Å². The van der Waals surface area contributed by atoms with Crippen LogP contribution in [0.15, 0.2) is 42.5 Å². The molecule has 0 unspecified atom stereocenters. The molecule has 2 rings (SSSR count). The second-order valence-electron chi connectivity index (χ2n) is 4.18. The fourth-order valence-electron chi connectivity index (χ4n) is 1.80. The molecule has 0 atom stereocenters. The summed E-state index contributed by atoms with van der Waals surface area (Å²) < 4.78 is 5.41. The summed E-state index contributed by atoms with van der Waals surface area (Å²) in [7, 11) is 0. The Bertz CT molecular complexity index is 649. The van der Waals surface area contributed by atoms with Crippen molar-refractivity contribution < 1.29 is 9.66 Å². The van der Waals surface area contributed by atoms with Gasteiger partial charge in [-0.15, -0.1) is 0 Å². The maximum atomic E-state index is 11.1. The third kappa shape index (κ3) is 3.84. The summed E-state index contributed by atoms with van der Waals surface area (Å²) in [6, 6.07) is 11.8. The van der Waals surface area contributed by atoms with Gasteiger partial charge in [-0.1, -0.05) is 23.7 Å². The molecule has 0 heterocycles. The van der Waals surface area contributed by atoms with Gasteiger partial charge in [0.25, 0.3) is 0 Å². The Morgan fingerprint density at radius 2 is 2.05 bits per heavy atom. The third-order valence-corrected chi connectivity index (χ3v) is 2.97. The lowest BCUT2D eigenvalue weighted by Crippen LogP contribution is -2.10. The van der Waals surface area contributed by atoms with Crippen LogP contribution < -0.4 is 15.8 Å². The standard InChI is InChI=1S/C14H14ClN3O3/c15-12-5-2-6-13(14(12)18(19)20)17-10-3-1-4-11(9-10)21-8-7-16/h1-6,9,17H,7-8,16H2. The minimum atomic E-state index is -0.514. The van der Waals surface area contributed by atoms with E-state index in [2.05, 4.69) is 5.32 Å². The van der Waals surface area contributed by atoms with Gasteiger partial charge in [0, 0.05) is 18.3 Å². The SMILES string of the molecule is NCCOc1cccc(Nc2cccc(Cl)c2[N+](=O)[O-])c1. The van der Waals surface area contributed by atoms with Crippen molar-refractivity contribution in [3.05, 3.63) is 57.6 Å². The van der Waals surface area contributed by atoms with Gasteiger partial charge < -0.3 is 15.8 Å². The van der Waals surface area contributed by atoms with E-state index in [4.69, 9.17) is 22.1 Å². The lowest BCUT2D eigenvalue weighted by Gasteiger charge is -2.10. The largest absolute Gasteiger partial charge is 0.492 e. The van der Waals surface area contributed by atoms with E-state index in [1.165, 1.54) is 6.07 Å². The van der Waals surface area contributed by atoms with Gasteiger partial charge in [-0.3, -0.25) is 10.1 Å². The summed E-state index contributed by atoms with van der Waals surface area (Å²) in [5.41, 5.74) is 6.20. The van der Waals surface area contributed by atoms with Crippen molar-refractivity contribution in [3.8, 4) is 5.75 Å². The summed E-state index contributed by atoms with van der Waals surface area (Å²) in [4.78, 5) is 10.6. The van der Waals surface area contributed by atoms with E-state index in [0.29, 0.717) is 30.3 Å². The predicted molar refractivity (Wildman–Crippen MR) is 82.4 cm³/mol. The Labute approximate surface area is 126 Å². The molecule has 21 heavy (non-hydrogen) atoms. The number of nitro benzene ring substituents is 1. The Morgan fingerprint density at radius 3 is 2.76 bits per heavy atom. The van der Waals surface area contributed by atoms with Crippen LogP contribution in [0.1, 0.15) is 0 Å². The summed E-state index contributed by atoms with van der Waals surface area (Å²) in [6.45, 7) is 0.818. The van der Waals surface area contributed by atoms with Gasteiger partial charge in [0.1, 0.15) is 23.1 Å². The molecule has 7 heteroatoms. The highest BCUT2D eigenvalue weighted by molar-refractivity contribution is 6.33. The molecule has 0 spiro atoms. The maximum Gasteiger partial charge on any atom is 0.311 e. The minimum Gasteiger partial charge on any atom is -0.492 e. The topological polar surface area (TPSA) is 90.4 Å². The number of nitrogens with one attached hydrogen (secondary N) is 1. The van der Waals surface area contributed by atoms with E-state index in [0.717, 1.165) is 0 Å². The number of para-hydroxylation sites is 1. The Hall–Kier alpha value is -2.31. The van der Waals surface area contributed by atoms with Crippen LogP contribution in [0.4, 0.5) is 17.1 Å². The maximum absolute atomic E-state index is 11.1. The number of rotatable bonds is 6. The van der Waals surface area contributed by atoms with Gasteiger partial charge in [0.05, 0.1) is 4.92 Å².